The lowest BCUT2D eigenvalue weighted by Crippen LogP contribution is -2.51. The van der Waals surface area contributed by atoms with Crippen molar-refractivity contribution in [1.29, 1.82) is 0 Å². The molecule has 4 aromatic heterocycles. The van der Waals surface area contributed by atoms with Crippen LogP contribution in [0.25, 0.3) is 65.9 Å². The van der Waals surface area contributed by atoms with Gasteiger partial charge in [0.15, 0.2) is 17.5 Å². The topological polar surface area (TPSA) is 173 Å². The number of terminal acetylenes is 2. The van der Waals surface area contributed by atoms with Crippen molar-refractivity contribution in [1.82, 2.24) is 50.3 Å². The number of rotatable bonds is 11. The molecule has 16 nitrogen and oxygen atoms in total. The number of phenolic OH excluding ortho intramolecular Hbond substituents is 2. The van der Waals surface area contributed by atoms with E-state index in [1.165, 1.54) is 36.5 Å². The number of nitrogens with zero attached hydrogens (tertiary/aromatic N) is 10. The van der Waals surface area contributed by atoms with E-state index in [-0.39, 0.29) is 86.5 Å². The fourth-order valence-electron chi connectivity index (χ4n) is 16.8. The van der Waals surface area contributed by atoms with E-state index >= 15 is 13.2 Å². The van der Waals surface area contributed by atoms with E-state index in [9.17, 15) is 10.2 Å². The first-order valence-corrected chi connectivity index (χ1v) is 30.6. The molecule has 0 amide bonds. The van der Waals surface area contributed by atoms with Gasteiger partial charge in [-0.15, -0.1) is 12.8 Å². The number of benzene rings is 4. The highest BCUT2D eigenvalue weighted by molar-refractivity contribution is 6.06. The van der Waals surface area contributed by atoms with E-state index < -0.39 is 23.0 Å². The maximum atomic E-state index is 17.6. The number of fused-ring (bicyclic) bond motifs is 10. The average Bonchev–Trinajstić information content (AvgIpc) is 1.26. The lowest BCUT2D eigenvalue weighted by atomic mass is 9.87. The first kappa shape index (κ1) is 53.4. The normalized spacial score (nSPS) is 25.0. The van der Waals surface area contributed by atoms with Crippen LogP contribution in [-0.4, -0.2) is 144 Å². The zero-order valence-corrected chi connectivity index (χ0v) is 47.9. The summed E-state index contributed by atoms with van der Waals surface area (Å²) in [7, 11) is 0. The Morgan fingerprint density at radius 1 is 0.605 bits per heavy atom. The van der Waals surface area contributed by atoms with Crippen molar-refractivity contribution in [3.05, 3.63) is 94.6 Å². The Hall–Kier alpha value is -8.07. The van der Waals surface area contributed by atoms with Crippen LogP contribution in [0.5, 0.6) is 23.5 Å². The lowest BCUT2D eigenvalue weighted by Gasteiger charge is -2.36. The van der Waals surface area contributed by atoms with Crippen molar-refractivity contribution >= 4 is 55.2 Å². The summed E-state index contributed by atoms with van der Waals surface area (Å²) in [6.45, 7) is 8.27. The standard InChI is InChI=1S/C67H65F3N12O4/c1-4-44-52(68)14-9-37-23-42(83)24-49(55(37)44)51-29-72-61-59(57(51)70)76-65(78-63(61)80-32-40-12-13-41(33-80)74-40)86-35-67-18-8-22-82(67)54(15-19-67)46-27-53(69)45(5-2)56-47(46)25-43(84)26-48(56)50-28-71-60-58(36(50)3)75-64(85-34-66-16-6-20-81(66)21-7-17-66)77-62(60)79-30-38-10-11-39(31-79)73-38/h1-2,9,14,23-29,38-41,54,73-74,83-84H,6-8,10-13,15-22,30-35H2,3H3. The molecular weight excluding hydrogens is 1090 g/mol. The molecule has 0 aliphatic carbocycles. The van der Waals surface area contributed by atoms with Gasteiger partial charge in [0.1, 0.15) is 58.4 Å². The van der Waals surface area contributed by atoms with Gasteiger partial charge in [-0.3, -0.25) is 14.8 Å². The van der Waals surface area contributed by atoms with Crippen molar-refractivity contribution in [2.75, 3.05) is 68.8 Å². The predicted molar refractivity (Wildman–Crippen MR) is 323 cm³/mol. The zero-order valence-electron chi connectivity index (χ0n) is 47.9. The Kier molecular flexibility index (Phi) is 12.6. The van der Waals surface area contributed by atoms with E-state index in [0.29, 0.717) is 107 Å². The largest absolute Gasteiger partial charge is 0.508 e. The van der Waals surface area contributed by atoms with Crippen LogP contribution in [0.15, 0.2) is 54.9 Å². The highest BCUT2D eigenvalue weighted by Gasteiger charge is 2.51. The van der Waals surface area contributed by atoms with Gasteiger partial charge in [-0.2, -0.15) is 19.9 Å². The quantitative estimate of drug-likeness (QED) is 0.0901. The molecule has 4 bridgehead atoms. The van der Waals surface area contributed by atoms with Gasteiger partial charge in [0.2, 0.25) is 0 Å². The summed E-state index contributed by atoms with van der Waals surface area (Å²) in [5.74, 6) is 4.17. The van der Waals surface area contributed by atoms with Crippen molar-refractivity contribution in [3.8, 4) is 70.5 Å². The second-order valence-electron chi connectivity index (χ2n) is 25.5. The van der Waals surface area contributed by atoms with Gasteiger partial charge in [-0.25, -0.2) is 18.2 Å². The number of aromatic nitrogens is 6. The van der Waals surface area contributed by atoms with E-state index in [2.05, 4.69) is 42.1 Å². The highest BCUT2D eigenvalue weighted by atomic mass is 19.1. The highest BCUT2D eigenvalue weighted by Crippen LogP contribution is 2.52. The van der Waals surface area contributed by atoms with E-state index in [0.717, 1.165) is 102 Å². The van der Waals surface area contributed by atoms with Crippen LogP contribution in [0.1, 0.15) is 105 Å². The van der Waals surface area contributed by atoms with Crippen LogP contribution >= 0.6 is 0 Å². The molecule has 8 fully saturated rings. The Balaban J connectivity index is 0.761. The SMILES string of the molecule is C#Cc1c(F)ccc2cc(O)cc(-c3cnc4c(N5CC6CCC(C5)N6)nc(OCC56CCCN5C(c5cc(F)c(C#C)c7c(-c8cnc9c(N%10CC%11CCC(C%10)N%11)nc(OCC%10%11CCCN%10CCC%11)nc9c8C)cc(O)cc57)CC6)nc4c3F)c12. The third-order valence-electron chi connectivity index (χ3n) is 20.7. The number of hydrogen-bond acceptors (Lipinski definition) is 16. The molecule has 4 N–H and O–H groups in total. The van der Waals surface area contributed by atoms with Gasteiger partial charge in [0.25, 0.3) is 0 Å². The molecule has 8 aliphatic heterocycles. The average molecular weight is 1160 g/mol. The number of aryl methyl sites for hydroxylation is 1. The summed E-state index contributed by atoms with van der Waals surface area (Å²) in [4.78, 5) is 39.4. The first-order valence-electron chi connectivity index (χ1n) is 30.6. The minimum Gasteiger partial charge on any atom is -0.508 e. The summed E-state index contributed by atoms with van der Waals surface area (Å²) in [5.41, 5.74) is 3.66. The minimum absolute atomic E-state index is 0.00926. The van der Waals surface area contributed by atoms with Crippen LogP contribution in [0.4, 0.5) is 24.8 Å². The Bertz CT molecular complexity index is 4230. The van der Waals surface area contributed by atoms with Crippen LogP contribution in [-0.2, 0) is 0 Å². The van der Waals surface area contributed by atoms with Crippen LogP contribution in [0.2, 0.25) is 0 Å². The first-order chi connectivity index (χ1) is 41.8. The molecular formula is C67H65F3N12O4. The van der Waals surface area contributed by atoms with Gasteiger partial charge < -0.3 is 40.1 Å². The third-order valence-corrected chi connectivity index (χ3v) is 20.7. The number of anilines is 2. The third kappa shape index (κ3) is 8.50. The molecule has 86 heavy (non-hydrogen) atoms. The molecule has 6 unspecified atom stereocenters. The maximum absolute atomic E-state index is 17.6. The number of phenols is 2. The monoisotopic (exact) mass is 1160 g/mol. The number of ether oxygens (including phenoxy) is 2. The van der Waals surface area contributed by atoms with Crippen LogP contribution in [0, 0.1) is 49.1 Å². The Labute approximate surface area is 495 Å². The van der Waals surface area contributed by atoms with Gasteiger partial charge in [0.05, 0.1) is 22.2 Å². The van der Waals surface area contributed by atoms with Crippen molar-refractivity contribution in [2.24, 2.45) is 0 Å². The number of piperazine rings is 2. The summed E-state index contributed by atoms with van der Waals surface area (Å²) in [6.07, 6.45) is 26.8. The van der Waals surface area contributed by atoms with Gasteiger partial charge in [-0.05, 0) is 173 Å². The molecule has 0 radical (unpaired) electrons. The van der Waals surface area contributed by atoms with E-state index in [1.807, 2.05) is 6.92 Å². The van der Waals surface area contributed by atoms with E-state index in [1.54, 1.807) is 18.3 Å². The number of nitrogens with one attached hydrogen (secondary N) is 2. The Morgan fingerprint density at radius 3 is 1.81 bits per heavy atom. The summed E-state index contributed by atoms with van der Waals surface area (Å²) < 4.78 is 63.5. The minimum atomic E-state index is -0.753. The number of aromatic hydroxyl groups is 2. The summed E-state index contributed by atoms with van der Waals surface area (Å²) in [5, 5.41) is 32.0. The van der Waals surface area contributed by atoms with Gasteiger partial charge in [-0.1, -0.05) is 17.9 Å². The number of halogens is 3. The smallest absolute Gasteiger partial charge is 0.319 e. The fourth-order valence-corrected chi connectivity index (χ4v) is 16.8. The second kappa shape index (κ2) is 20.3. The van der Waals surface area contributed by atoms with Crippen molar-refractivity contribution in [2.45, 2.75) is 125 Å². The Morgan fingerprint density at radius 2 is 1.16 bits per heavy atom. The summed E-state index contributed by atoms with van der Waals surface area (Å²) >= 11 is 0. The maximum Gasteiger partial charge on any atom is 0.319 e. The molecule has 438 valence electrons. The molecule has 12 heterocycles. The molecule has 8 aromatic rings. The molecule has 8 aliphatic rings. The molecule has 0 saturated carbocycles. The molecule has 8 saturated heterocycles. The van der Waals surface area contributed by atoms with Gasteiger partial charge in [0, 0.05) is 90.7 Å². The van der Waals surface area contributed by atoms with Crippen molar-refractivity contribution in [3.63, 3.8) is 0 Å². The lowest BCUT2D eigenvalue weighted by molar-refractivity contribution is 0.0848. The predicted octanol–water partition coefficient (Wildman–Crippen LogP) is 9.74. The fraction of sp³-hybridized carbons (Fsp3) is 0.433. The molecule has 19 heteroatoms. The second-order valence-corrected chi connectivity index (χ2v) is 25.5. The summed E-state index contributed by atoms with van der Waals surface area (Å²) in [6, 6.07) is 11.5. The van der Waals surface area contributed by atoms with Crippen molar-refractivity contribution < 1.29 is 32.9 Å². The van der Waals surface area contributed by atoms with Gasteiger partial charge >= 0.3 is 12.0 Å². The van der Waals surface area contributed by atoms with E-state index in [4.69, 9.17) is 52.2 Å². The molecule has 0 spiro atoms. The number of hydrogen-bond donors (Lipinski definition) is 4. The number of pyridine rings is 2. The molecule has 4 aromatic carbocycles. The zero-order chi connectivity index (χ0) is 58.3. The molecule has 6 atom stereocenters. The van der Waals surface area contributed by atoms with Crippen LogP contribution in [0.3, 0.4) is 0 Å². The molecule has 16 rings (SSSR count). The van der Waals surface area contributed by atoms with Crippen LogP contribution < -0.4 is 29.9 Å².